The molecule has 2 rings (SSSR count). The molecule has 0 saturated carbocycles. The molecule has 15 heavy (non-hydrogen) atoms. The second-order valence-corrected chi connectivity index (χ2v) is 5.91. The van der Waals surface area contributed by atoms with E-state index in [2.05, 4.69) is 4.98 Å². The smallest absolute Gasteiger partial charge is 0.244 e. The maximum atomic E-state index is 11.1. The number of halogens is 2. The summed E-state index contributed by atoms with van der Waals surface area (Å²) < 4.78 is 22.1. The van der Waals surface area contributed by atoms with Crippen LogP contribution in [0.2, 0.25) is 5.15 Å². The molecule has 3 nitrogen and oxygen atoms in total. The van der Waals surface area contributed by atoms with E-state index >= 15 is 0 Å². The Morgan fingerprint density at radius 2 is 1.87 bits per heavy atom. The molecule has 0 N–H and O–H groups in total. The molecule has 78 valence electrons. The zero-order valence-corrected chi connectivity index (χ0v) is 9.64. The Hall–Kier alpha value is -0.840. The van der Waals surface area contributed by atoms with Crippen molar-refractivity contribution < 1.29 is 8.42 Å². The number of rotatable bonds is 1. The van der Waals surface area contributed by atoms with Gasteiger partial charge >= 0.3 is 0 Å². The predicted octanol–water partition coefficient (Wildman–Crippen LogP) is 2.82. The summed E-state index contributed by atoms with van der Waals surface area (Å²) >= 11 is 5.69. The number of hydrogen-bond acceptors (Lipinski definition) is 3. The normalized spacial score (nSPS) is 11.9. The number of nitrogens with zero attached hydrogens (tertiary/aromatic N) is 1. The van der Waals surface area contributed by atoms with E-state index in [-0.39, 0.29) is 4.90 Å². The third-order valence-corrected chi connectivity index (χ3v) is 3.50. The first-order valence-corrected chi connectivity index (χ1v) is 6.65. The van der Waals surface area contributed by atoms with Gasteiger partial charge in [0.05, 0.1) is 4.90 Å². The van der Waals surface area contributed by atoms with E-state index in [0.717, 1.165) is 5.39 Å². The van der Waals surface area contributed by atoms with Crippen LogP contribution < -0.4 is 0 Å². The Labute approximate surface area is 96.1 Å². The average Bonchev–Trinajstić information content (AvgIpc) is 2.15. The van der Waals surface area contributed by atoms with Gasteiger partial charge in [-0.15, -0.1) is 0 Å². The first kappa shape index (κ1) is 10.7. The zero-order chi connectivity index (χ0) is 11.1. The van der Waals surface area contributed by atoms with E-state index < -0.39 is 9.05 Å². The molecule has 0 radical (unpaired) electrons. The van der Waals surface area contributed by atoms with Gasteiger partial charge in [-0.25, -0.2) is 13.4 Å². The van der Waals surface area contributed by atoms with Crippen LogP contribution in [0.25, 0.3) is 10.8 Å². The SMILES string of the molecule is O=S(=O)(Cl)c1ccc2cc(Cl)ncc2c1. The summed E-state index contributed by atoms with van der Waals surface area (Å²) in [5, 5.41) is 1.86. The molecule has 6 heteroatoms. The van der Waals surface area contributed by atoms with Gasteiger partial charge in [0.2, 0.25) is 0 Å². The first-order chi connectivity index (χ1) is 6.97. The van der Waals surface area contributed by atoms with Gasteiger partial charge in [0.1, 0.15) is 5.15 Å². The Morgan fingerprint density at radius 1 is 1.13 bits per heavy atom. The number of aromatic nitrogens is 1. The number of fused-ring (bicyclic) bond motifs is 1. The molecule has 1 aromatic heterocycles. The summed E-state index contributed by atoms with van der Waals surface area (Å²) in [6, 6.07) is 6.18. The fourth-order valence-electron chi connectivity index (χ4n) is 1.24. The lowest BCUT2D eigenvalue weighted by molar-refractivity contribution is 0.609. The van der Waals surface area contributed by atoms with Crippen LogP contribution in [0.4, 0.5) is 0 Å². The highest BCUT2D eigenvalue weighted by molar-refractivity contribution is 8.13. The van der Waals surface area contributed by atoms with Gasteiger partial charge in [-0.3, -0.25) is 0 Å². The van der Waals surface area contributed by atoms with Crippen molar-refractivity contribution in [1.29, 1.82) is 0 Å². The minimum Gasteiger partial charge on any atom is -0.244 e. The second-order valence-electron chi connectivity index (χ2n) is 2.95. The highest BCUT2D eigenvalue weighted by Crippen LogP contribution is 2.22. The summed E-state index contributed by atoms with van der Waals surface area (Å²) in [6.07, 6.45) is 1.50. The lowest BCUT2D eigenvalue weighted by Gasteiger charge is -2.00. The van der Waals surface area contributed by atoms with Crippen molar-refractivity contribution in [3.63, 3.8) is 0 Å². The molecule has 0 aliphatic heterocycles. The van der Waals surface area contributed by atoms with Crippen LogP contribution in [0.1, 0.15) is 0 Å². The largest absolute Gasteiger partial charge is 0.261 e. The predicted molar refractivity (Wildman–Crippen MR) is 59.8 cm³/mol. The molecule has 2 aromatic rings. The van der Waals surface area contributed by atoms with Crippen LogP contribution in [0, 0.1) is 0 Å². The van der Waals surface area contributed by atoms with Gasteiger partial charge in [-0.1, -0.05) is 17.7 Å². The van der Waals surface area contributed by atoms with Gasteiger partial charge in [0.25, 0.3) is 9.05 Å². The molecular formula is C9H5Cl2NO2S. The third kappa shape index (κ3) is 2.22. The molecule has 0 atom stereocenters. The minimum atomic E-state index is -3.69. The second kappa shape index (κ2) is 3.63. The summed E-state index contributed by atoms with van der Waals surface area (Å²) in [5.74, 6) is 0. The fourth-order valence-corrected chi connectivity index (χ4v) is 2.20. The van der Waals surface area contributed by atoms with E-state index in [1.165, 1.54) is 18.3 Å². The van der Waals surface area contributed by atoms with Gasteiger partial charge in [-0.2, -0.15) is 0 Å². The number of benzene rings is 1. The molecule has 0 bridgehead atoms. The highest BCUT2D eigenvalue weighted by atomic mass is 35.7. The molecular weight excluding hydrogens is 257 g/mol. The van der Waals surface area contributed by atoms with Crippen LogP contribution in [0.5, 0.6) is 0 Å². The maximum absolute atomic E-state index is 11.1. The Morgan fingerprint density at radius 3 is 2.53 bits per heavy atom. The number of hydrogen-bond donors (Lipinski definition) is 0. The van der Waals surface area contributed by atoms with Gasteiger partial charge < -0.3 is 0 Å². The first-order valence-electron chi connectivity index (χ1n) is 3.97. The van der Waals surface area contributed by atoms with Crippen molar-refractivity contribution in [3.8, 4) is 0 Å². The van der Waals surface area contributed by atoms with Crippen LogP contribution >= 0.6 is 22.3 Å². The summed E-state index contributed by atoms with van der Waals surface area (Å²) in [5.41, 5.74) is 0. The quantitative estimate of drug-likeness (QED) is 0.586. The minimum absolute atomic E-state index is 0.0563. The van der Waals surface area contributed by atoms with E-state index in [0.29, 0.717) is 10.5 Å². The van der Waals surface area contributed by atoms with Crippen molar-refractivity contribution in [3.05, 3.63) is 35.6 Å². The van der Waals surface area contributed by atoms with Crippen LogP contribution in [0.15, 0.2) is 35.4 Å². The van der Waals surface area contributed by atoms with E-state index in [9.17, 15) is 8.42 Å². The molecule has 0 amide bonds. The molecule has 1 aromatic carbocycles. The van der Waals surface area contributed by atoms with E-state index in [4.69, 9.17) is 22.3 Å². The summed E-state index contributed by atoms with van der Waals surface area (Å²) in [7, 11) is 1.52. The summed E-state index contributed by atoms with van der Waals surface area (Å²) in [4.78, 5) is 3.91. The Balaban J connectivity index is 2.73. The number of pyridine rings is 1. The summed E-state index contributed by atoms with van der Waals surface area (Å²) in [6.45, 7) is 0. The molecule has 0 unspecified atom stereocenters. The van der Waals surface area contributed by atoms with Gasteiger partial charge in [-0.05, 0) is 23.6 Å². The Bertz CT molecular complexity index is 625. The third-order valence-electron chi connectivity index (χ3n) is 1.94. The molecule has 1 heterocycles. The lowest BCUT2D eigenvalue weighted by atomic mass is 10.2. The average molecular weight is 262 g/mol. The van der Waals surface area contributed by atoms with Crippen LogP contribution in [-0.4, -0.2) is 13.4 Å². The monoisotopic (exact) mass is 261 g/mol. The molecule has 0 fully saturated rings. The molecule has 0 spiro atoms. The molecule has 0 aliphatic rings. The van der Waals surface area contributed by atoms with Crippen LogP contribution in [0.3, 0.4) is 0 Å². The molecule has 0 saturated heterocycles. The van der Waals surface area contributed by atoms with Gasteiger partial charge in [0, 0.05) is 22.3 Å². The standard InChI is InChI=1S/C9H5Cl2NO2S/c10-9-4-6-1-2-8(15(11,13)14)3-7(6)5-12-9/h1-5H. The van der Waals surface area contributed by atoms with Crippen molar-refractivity contribution in [2.75, 3.05) is 0 Å². The van der Waals surface area contributed by atoms with Gasteiger partial charge in [0.15, 0.2) is 0 Å². The zero-order valence-electron chi connectivity index (χ0n) is 7.31. The van der Waals surface area contributed by atoms with E-state index in [1.54, 1.807) is 12.1 Å². The lowest BCUT2D eigenvalue weighted by Crippen LogP contribution is -1.90. The van der Waals surface area contributed by atoms with Crippen molar-refractivity contribution >= 4 is 42.1 Å². The highest BCUT2D eigenvalue weighted by Gasteiger charge is 2.10. The van der Waals surface area contributed by atoms with E-state index in [1.807, 2.05) is 0 Å². The molecule has 0 aliphatic carbocycles. The maximum Gasteiger partial charge on any atom is 0.261 e. The van der Waals surface area contributed by atoms with Crippen LogP contribution in [-0.2, 0) is 9.05 Å². The van der Waals surface area contributed by atoms with Crippen molar-refractivity contribution in [2.24, 2.45) is 0 Å². The fraction of sp³-hybridized carbons (Fsp3) is 0. The topological polar surface area (TPSA) is 47.0 Å². The van der Waals surface area contributed by atoms with Crippen molar-refractivity contribution in [2.45, 2.75) is 4.90 Å². The van der Waals surface area contributed by atoms with Crippen molar-refractivity contribution in [1.82, 2.24) is 4.98 Å². The Kier molecular flexibility index (Phi) is 2.58.